The molecule has 0 saturated heterocycles. The standard InChI is InChI=1S/C10H16F3N3S/c1-2-8(9-16-5-6-17-9)15-4-3-14-7-10(11,12)13/h5-6,8,14-15H,2-4,7H2,1H3. The van der Waals surface area contributed by atoms with Gasteiger partial charge in [0, 0.05) is 24.7 Å². The molecule has 2 N–H and O–H groups in total. The van der Waals surface area contributed by atoms with Gasteiger partial charge in [-0.2, -0.15) is 13.2 Å². The molecule has 0 aromatic carbocycles. The lowest BCUT2D eigenvalue weighted by Crippen LogP contribution is -2.35. The predicted molar refractivity (Wildman–Crippen MR) is 62.1 cm³/mol. The van der Waals surface area contributed by atoms with Crippen LogP contribution in [0.1, 0.15) is 24.4 Å². The largest absolute Gasteiger partial charge is 0.401 e. The van der Waals surface area contributed by atoms with Crippen LogP contribution in [0.5, 0.6) is 0 Å². The van der Waals surface area contributed by atoms with Crippen molar-refractivity contribution in [3.8, 4) is 0 Å². The quantitative estimate of drug-likeness (QED) is 0.745. The van der Waals surface area contributed by atoms with Gasteiger partial charge in [-0.1, -0.05) is 6.92 Å². The van der Waals surface area contributed by atoms with E-state index in [4.69, 9.17) is 0 Å². The maximum absolute atomic E-state index is 11.8. The molecule has 98 valence electrons. The SMILES string of the molecule is CCC(NCCNCC(F)(F)F)c1nccs1. The fourth-order valence-electron chi connectivity index (χ4n) is 1.38. The van der Waals surface area contributed by atoms with E-state index in [9.17, 15) is 13.2 Å². The average molecular weight is 267 g/mol. The maximum atomic E-state index is 11.8. The van der Waals surface area contributed by atoms with Crippen molar-refractivity contribution in [3.05, 3.63) is 16.6 Å². The summed E-state index contributed by atoms with van der Waals surface area (Å²) in [6.45, 7) is 1.86. The van der Waals surface area contributed by atoms with E-state index < -0.39 is 12.7 Å². The van der Waals surface area contributed by atoms with Crippen molar-refractivity contribution in [2.45, 2.75) is 25.6 Å². The van der Waals surface area contributed by atoms with Gasteiger partial charge in [-0.15, -0.1) is 11.3 Å². The molecule has 17 heavy (non-hydrogen) atoms. The lowest BCUT2D eigenvalue weighted by atomic mass is 10.2. The second-order valence-corrected chi connectivity index (χ2v) is 4.50. The molecule has 1 heterocycles. The summed E-state index contributed by atoms with van der Waals surface area (Å²) in [6, 6.07) is 0.127. The Morgan fingerprint density at radius 3 is 2.71 bits per heavy atom. The molecular weight excluding hydrogens is 251 g/mol. The molecule has 0 amide bonds. The smallest absolute Gasteiger partial charge is 0.307 e. The van der Waals surface area contributed by atoms with Gasteiger partial charge in [0.1, 0.15) is 5.01 Å². The highest BCUT2D eigenvalue weighted by atomic mass is 32.1. The van der Waals surface area contributed by atoms with Crippen molar-refractivity contribution in [2.75, 3.05) is 19.6 Å². The fourth-order valence-corrected chi connectivity index (χ4v) is 2.17. The minimum Gasteiger partial charge on any atom is -0.307 e. The molecule has 1 aromatic rings. The Labute approximate surface area is 102 Å². The highest BCUT2D eigenvalue weighted by Gasteiger charge is 2.25. The Bertz CT molecular complexity index is 300. The van der Waals surface area contributed by atoms with Crippen molar-refractivity contribution in [3.63, 3.8) is 0 Å². The third-order valence-corrected chi connectivity index (χ3v) is 3.06. The zero-order valence-corrected chi connectivity index (χ0v) is 10.4. The van der Waals surface area contributed by atoms with Crippen LogP contribution in [0.25, 0.3) is 0 Å². The molecule has 7 heteroatoms. The van der Waals surface area contributed by atoms with Crippen LogP contribution in [0.2, 0.25) is 0 Å². The van der Waals surface area contributed by atoms with Crippen LogP contribution in [0.3, 0.4) is 0 Å². The molecule has 3 nitrogen and oxygen atoms in total. The second kappa shape index (κ2) is 6.93. The number of halogens is 3. The summed E-state index contributed by atoms with van der Waals surface area (Å²) < 4.78 is 35.5. The molecule has 1 aromatic heterocycles. The van der Waals surface area contributed by atoms with Gasteiger partial charge >= 0.3 is 6.18 Å². The Balaban J connectivity index is 2.17. The van der Waals surface area contributed by atoms with E-state index in [-0.39, 0.29) is 6.04 Å². The highest BCUT2D eigenvalue weighted by molar-refractivity contribution is 7.09. The van der Waals surface area contributed by atoms with E-state index in [0.29, 0.717) is 13.1 Å². The third kappa shape index (κ3) is 5.99. The minimum atomic E-state index is -4.14. The van der Waals surface area contributed by atoms with Crippen molar-refractivity contribution in [2.24, 2.45) is 0 Å². The normalized spacial score (nSPS) is 13.9. The summed E-state index contributed by atoms with van der Waals surface area (Å²) in [5.41, 5.74) is 0. The maximum Gasteiger partial charge on any atom is 0.401 e. The fraction of sp³-hybridized carbons (Fsp3) is 0.700. The molecule has 0 spiro atoms. The van der Waals surface area contributed by atoms with Crippen molar-refractivity contribution in [1.29, 1.82) is 0 Å². The first kappa shape index (κ1) is 14.4. The van der Waals surface area contributed by atoms with Gasteiger partial charge in [0.25, 0.3) is 0 Å². The number of nitrogens with one attached hydrogen (secondary N) is 2. The van der Waals surface area contributed by atoms with E-state index in [1.807, 2.05) is 12.3 Å². The number of aromatic nitrogens is 1. The second-order valence-electron chi connectivity index (χ2n) is 3.58. The molecule has 1 rings (SSSR count). The lowest BCUT2D eigenvalue weighted by Gasteiger charge is -2.15. The topological polar surface area (TPSA) is 37.0 Å². The number of hydrogen-bond acceptors (Lipinski definition) is 4. The molecule has 0 radical (unpaired) electrons. The molecule has 0 aliphatic heterocycles. The van der Waals surface area contributed by atoms with Crippen molar-refractivity contribution < 1.29 is 13.2 Å². The molecule has 0 saturated carbocycles. The van der Waals surface area contributed by atoms with Gasteiger partial charge < -0.3 is 10.6 Å². The molecule has 1 atom stereocenters. The zero-order valence-electron chi connectivity index (χ0n) is 9.55. The number of thiazole rings is 1. The minimum absolute atomic E-state index is 0.127. The average Bonchev–Trinajstić information content (AvgIpc) is 2.75. The van der Waals surface area contributed by atoms with Crippen LogP contribution in [-0.2, 0) is 0 Å². The van der Waals surface area contributed by atoms with Crippen molar-refractivity contribution in [1.82, 2.24) is 15.6 Å². The Kier molecular flexibility index (Phi) is 5.87. The van der Waals surface area contributed by atoms with Gasteiger partial charge in [-0.3, -0.25) is 0 Å². The molecular formula is C10H16F3N3S. The zero-order chi connectivity index (χ0) is 12.7. The molecule has 0 aliphatic carbocycles. The summed E-state index contributed by atoms with van der Waals surface area (Å²) in [4.78, 5) is 4.18. The van der Waals surface area contributed by atoms with Crippen LogP contribution >= 0.6 is 11.3 Å². The van der Waals surface area contributed by atoms with Crippen LogP contribution in [0.4, 0.5) is 13.2 Å². The van der Waals surface area contributed by atoms with E-state index in [1.165, 1.54) is 0 Å². The predicted octanol–water partition coefficient (Wildman–Crippen LogP) is 2.34. The summed E-state index contributed by atoms with van der Waals surface area (Å²) in [5.74, 6) is 0. The van der Waals surface area contributed by atoms with Crippen molar-refractivity contribution >= 4 is 11.3 Å². The summed E-state index contributed by atoms with van der Waals surface area (Å²) in [5, 5.41) is 8.39. The molecule has 0 fully saturated rings. The van der Waals surface area contributed by atoms with Gasteiger partial charge in [0.15, 0.2) is 0 Å². The summed E-state index contributed by atoms with van der Waals surface area (Å²) in [7, 11) is 0. The van der Waals surface area contributed by atoms with Crippen LogP contribution in [0.15, 0.2) is 11.6 Å². The van der Waals surface area contributed by atoms with E-state index in [0.717, 1.165) is 11.4 Å². The van der Waals surface area contributed by atoms with E-state index in [2.05, 4.69) is 15.6 Å². The molecule has 0 aliphatic rings. The van der Waals surface area contributed by atoms with Gasteiger partial charge in [0.2, 0.25) is 0 Å². The Hall–Kier alpha value is -0.660. The van der Waals surface area contributed by atoms with E-state index in [1.54, 1.807) is 17.5 Å². The first-order valence-electron chi connectivity index (χ1n) is 5.43. The Morgan fingerprint density at radius 1 is 1.41 bits per heavy atom. The van der Waals surface area contributed by atoms with Crippen LogP contribution < -0.4 is 10.6 Å². The van der Waals surface area contributed by atoms with Gasteiger partial charge in [-0.25, -0.2) is 4.98 Å². The number of nitrogens with zero attached hydrogens (tertiary/aromatic N) is 1. The first-order valence-corrected chi connectivity index (χ1v) is 6.31. The monoisotopic (exact) mass is 267 g/mol. The van der Waals surface area contributed by atoms with E-state index >= 15 is 0 Å². The lowest BCUT2D eigenvalue weighted by molar-refractivity contribution is -0.124. The molecule has 0 bridgehead atoms. The van der Waals surface area contributed by atoms with Gasteiger partial charge in [-0.05, 0) is 6.42 Å². The Morgan fingerprint density at radius 2 is 2.18 bits per heavy atom. The number of hydrogen-bond donors (Lipinski definition) is 2. The highest BCUT2D eigenvalue weighted by Crippen LogP contribution is 2.18. The molecule has 1 unspecified atom stereocenters. The van der Waals surface area contributed by atoms with Gasteiger partial charge in [0.05, 0.1) is 12.6 Å². The third-order valence-electron chi connectivity index (χ3n) is 2.18. The summed E-state index contributed by atoms with van der Waals surface area (Å²) in [6.07, 6.45) is -1.54. The number of alkyl halides is 3. The summed E-state index contributed by atoms with van der Waals surface area (Å²) >= 11 is 1.55. The first-order chi connectivity index (χ1) is 8.03. The number of rotatable bonds is 7. The van der Waals surface area contributed by atoms with Crippen LogP contribution in [0, 0.1) is 0 Å². The van der Waals surface area contributed by atoms with Crippen LogP contribution in [-0.4, -0.2) is 30.8 Å².